The van der Waals surface area contributed by atoms with E-state index in [4.69, 9.17) is 5.73 Å². The number of aromatic nitrogens is 4. The third kappa shape index (κ3) is 4.49. The highest BCUT2D eigenvalue weighted by molar-refractivity contribution is 14.1. The highest BCUT2D eigenvalue weighted by Crippen LogP contribution is 2.05. The number of nitrogens with one attached hydrogen (secondary N) is 1. The summed E-state index contributed by atoms with van der Waals surface area (Å²) in [6.07, 6.45) is 6.39. The van der Waals surface area contributed by atoms with Crippen LogP contribution in [0.15, 0.2) is 35.8 Å². The monoisotopic (exact) mass is 317 g/mol. The van der Waals surface area contributed by atoms with E-state index in [1.807, 2.05) is 22.6 Å². The van der Waals surface area contributed by atoms with Crippen molar-refractivity contribution in [2.24, 2.45) is 0 Å². The summed E-state index contributed by atoms with van der Waals surface area (Å²) in [5.41, 5.74) is 4.87. The Bertz CT molecular complexity index is 431. The average Bonchev–Trinajstić information content (AvgIpc) is 2.27. The molecule has 2 rings (SSSR count). The van der Waals surface area contributed by atoms with E-state index >= 15 is 0 Å². The summed E-state index contributed by atoms with van der Waals surface area (Å²) < 4.78 is 0.757. The van der Waals surface area contributed by atoms with Gasteiger partial charge in [-0.05, 0) is 28.7 Å². The minimum absolute atomic E-state index is 0.277. The van der Waals surface area contributed by atoms with Crippen LogP contribution in [0.4, 0.5) is 5.82 Å². The summed E-state index contributed by atoms with van der Waals surface area (Å²) in [7, 11) is 0. The first-order valence-corrected chi connectivity index (χ1v) is 4.98. The number of H-pyrrole nitrogens is 1. The van der Waals surface area contributed by atoms with Gasteiger partial charge in [0, 0.05) is 18.6 Å². The van der Waals surface area contributed by atoms with E-state index < -0.39 is 5.69 Å². The molecule has 0 unspecified atom stereocenters. The molecule has 0 aliphatic rings. The van der Waals surface area contributed by atoms with E-state index in [1.54, 1.807) is 18.5 Å². The van der Waals surface area contributed by atoms with Crippen LogP contribution < -0.4 is 11.4 Å². The fourth-order valence-electron chi connectivity index (χ4n) is 0.647. The Morgan fingerprint density at radius 3 is 2.33 bits per heavy atom. The van der Waals surface area contributed by atoms with E-state index in [9.17, 15) is 4.79 Å². The van der Waals surface area contributed by atoms with Crippen LogP contribution in [0.25, 0.3) is 0 Å². The standard InChI is InChI=1S/C4H4IN3O.C4H4N2/c5-2-1-7-4(9)8-3(2)6;1-2-5-4-6-3-1/h1H,(H3,6,7,8,9);1-4H. The number of hydrogen-bond acceptors (Lipinski definition) is 5. The van der Waals surface area contributed by atoms with Crippen molar-refractivity contribution in [3.8, 4) is 0 Å². The Balaban J connectivity index is 0.000000162. The van der Waals surface area contributed by atoms with Crippen LogP contribution in [0.3, 0.4) is 0 Å². The molecule has 2 aromatic heterocycles. The van der Waals surface area contributed by atoms with E-state index in [0.717, 1.165) is 3.57 Å². The van der Waals surface area contributed by atoms with Gasteiger partial charge in [-0.3, -0.25) is 0 Å². The van der Waals surface area contributed by atoms with Crippen molar-refractivity contribution in [3.05, 3.63) is 45.0 Å². The molecule has 6 nitrogen and oxygen atoms in total. The molecule has 0 radical (unpaired) electrons. The lowest BCUT2D eigenvalue weighted by Crippen LogP contribution is -2.12. The van der Waals surface area contributed by atoms with Gasteiger partial charge in [0.2, 0.25) is 0 Å². The summed E-state index contributed by atoms with van der Waals surface area (Å²) in [5, 5.41) is 0. The molecule has 0 spiro atoms. The fraction of sp³-hybridized carbons (Fsp3) is 0. The second-order valence-corrected chi connectivity index (χ2v) is 3.51. The summed E-state index contributed by atoms with van der Waals surface area (Å²) in [6, 6.07) is 1.78. The van der Waals surface area contributed by atoms with Crippen LogP contribution in [0.5, 0.6) is 0 Å². The van der Waals surface area contributed by atoms with Gasteiger partial charge in [0.15, 0.2) is 0 Å². The molecule has 0 fully saturated rings. The molecule has 0 saturated heterocycles. The Hall–Kier alpha value is -1.51. The Labute approximate surface area is 99.1 Å². The molecule has 0 amide bonds. The molecule has 0 saturated carbocycles. The molecule has 78 valence electrons. The molecule has 3 N–H and O–H groups in total. The van der Waals surface area contributed by atoms with Gasteiger partial charge in [-0.1, -0.05) is 0 Å². The second-order valence-electron chi connectivity index (χ2n) is 2.34. The molecule has 7 heteroatoms. The number of nitrogens with zero attached hydrogens (tertiary/aromatic N) is 3. The Morgan fingerprint density at radius 1 is 1.33 bits per heavy atom. The van der Waals surface area contributed by atoms with Crippen LogP contribution in [-0.2, 0) is 0 Å². The number of aromatic amines is 1. The molecule has 0 aromatic carbocycles. The fourth-order valence-corrected chi connectivity index (χ4v) is 0.924. The maximum Gasteiger partial charge on any atom is 0.346 e. The molecule has 0 aliphatic heterocycles. The van der Waals surface area contributed by atoms with Crippen molar-refractivity contribution in [1.82, 2.24) is 19.9 Å². The number of halogens is 1. The number of nitrogens with two attached hydrogens (primary N) is 1. The van der Waals surface area contributed by atoms with Crippen LogP contribution in [-0.4, -0.2) is 19.9 Å². The quantitative estimate of drug-likeness (QED) is 0.687. The van der Waals surface area contributed by atoms with Crippen molar-refractivity contribution in [2.45, 2.75) is 0 Å². The third-order valence-corrected chi connectivity index (χ3v) is 2.13. The predicted octanol–water partition coefficient (Wildman–Crippen LogP) is 0.433. The van der Waals surface area contributed by atoms with E-state index in [1.165, 1.54) is 12.5 Å². The molecule has 0 atom stereocenters. The van der Waals surface area contributed by atoms with Crippen molar-refractivity contribution in [2.75, 3.05) is 5.73 Å². The van der Waals surface area contributed by atoms with Crippen molar-refractivity contribution >= 4 is 28.4 Å². The molecular weight excluding hydrogens is 309 g/mol. The molecule has 2 aromatic rings. The Kier molecular flexibility index (Phi) is 4.68. The first-order valence-electron chi connectivity index (χ1n) is 3.91. The summed E-state index contributed by atoms with van der Waals surface area (Å²) in [6.45, 7) is 0. The lowest BCUT2D eigenvalue weighted by molar-refractivity contribution is 1.07. The van der Waals surface area contributed by atoms with Crippen LogP contribution >= 0.6 is 22.6 Å². The SMILES string of the molecule is Nc1nc(=O)[nH]cc1I.c1cncnc1. The van der Waals surface area contributed by atoms with E-state index in [-0.39, 0.29) is 5.82 Å². The molecule has 0 aliphatic carbocycles. The van der Waals surface area contributed by atoms with Crippen molar-refractivity contribution < 1.29 is 0 Å². The van der Waals surface area contributed by atoms with Crippen molar-refractivity contribution in [3.63, 3.8) is 0 Å². The van der Waals surface area contributed by atoms with Crippen LogP contribution in [0, 0.1) is 3.57 Å². The van der Waals surface area contributed by atoms with Gasteiger partial charge < -0.3 is 10.7 Å². The maximum atomic E-state index is 10.4. The third-order valence-electron chi connectivity index (χ3n) is 1.27. The largest absolute Gasteiger partial charge is 0.383 e. The second kappa shape index (κ2) is 6.06. The first kappa shape index (κ1) is 11.6. The number of rotatable bonds is 0. The van der Waals surface area contributed by atoms with Gasteiger partial charge in [0.05, 0.1) is 3.57 Å². The zero-order valence-electron chi connectivity index (χ0n) is 7.59. The molecule has 15 heavy (non-hydrogen) atoms. The van der Waals surface area contributed by atoms with Gasteiger partial charge in [0.1, 0.15) is 12.1 Å². The molecule has 0 bridgehead atoms. The number of anilines is 1. The maximum absolute atomic E-state index is 10.4. The van der Waals surface area contributed by atoms with Crippen LogP contribution in [0.2, 0.25) is 0 Å². The number of hydrogen-bond donors (Lipinski definition) is 2. The van der Waals surface area contributed by atoms with E-state index in [0.29, 0.717) is 0 Å². The minimum Gasteiger partial charge on any atom is -0.383 e. The lowest BCUT2D eigenvalue weighted by atomic mass is 10.6. The van der Waals surface area contributed by atoms with Crippen molar-refractivity contribution in [1.29, 1.82) is 0 Å². The zero-order chi connectivity index (χ0) is 11.1. The molecular formula is C8H8IN5O. The van der Waals surface area contributed by atoms with Gasteiger partial charge in [-0.15, -0.1) is 0 Å². The van der Waals surface area contributed by atoms with Gasteiger partial charge >= 0.3 is 5.69 Å². The first-order chi connectivity index (χ1) is 7.20. The normalized spacial score (nSPS) is 8.87. The average molecular weight is 317 g/mol. The molecule has 2 heterocycles. The summed E-state index contributed by atoms with van der Waals surface area (Å²) in [5.74, 6) is 0.277. The summed E-state index contributed by atoms with van der Waals surface area (Å²) >= 11 is 1.98. The topological polar surface area (TPSA) is 97.5 Å². The van der Waals surface area contributed by atoms with E-state index in [2.05, 4.69) is 19.9 Å². The van der Waals surface area contributed by atoms with Gasteiger partial charge in [-0.25, -0.2) is 14.8 Å². The van der Waals surface area contributed by atoms with Gasteiger partial charge in [-0.2, -0.15) is 4.98 Å². The highest BCUT2D eigenvalue weighted by Gasteiger charge is 1.93. The Morgan fingerprint density at radius 2 is 2.00 bits per heavy atom. The van der Waals surface area contributed by atoms with Gasteiger partial charge in [0.25, 0.3) is 0 Å². The zero-order valence-corrected chi connectivity index (χ0v) is 9.75. The van der Waals surface area contributed by atoms with Crippen LogP contribution in [0.1, 0.15) is 0 Å². The number of nitrogen functional groups attached to an aromatic ring is 1. The predicted molar refractivity (Wildman–Crippen MR) is 64.0 cm³/mol. The summed E-state index contributed by atoms with van der Waals surface area (Å²) in [4.78, 5) is 23.6. The smallest absolute Gasteiger partial charge is 0.346 e. The highest BCUT2D eigenvalue weighted by atomic mass is 127. The minimum atomic E-state index is -0.409. The lowest BCUT2D eigenvalue weighted by Gasteiger charge is -1.90.